The minimum Gasteiger partial charge on any atom is -0.196 e. The van der Waals surface area contributed by atoms with Crippen LogP contribution >= 0.6 is 0 Å². The summed E-state index contributed by atoms with van der Waals surface area (Å²) in [7, 11) is 0. The Morgan fingerprint density at radius 2 is 1.44 bits per heavy atom. The van der Waals surface area contributed by atoms with Crippen molar-refractivity contribution in [3.63, 3.8) is 0 Å². The van der Waals surface area contributed by atoms with Crippen LogP contribution in [0.2, 0.25) is 0 Å². The van der Waals surface area contributed by atoms with Crippen molar-refractivity contribution in [3.8, 4) is 30.3 Å². The largest absolute Gasteiger partial charge is 0.196 e. The van der Waals surface area contributed by atoms with Gasteiger partial charge in [-0.05, 0) is 12.8 Å². The standard InChI is InChI=1S/C13H7N5/c14-4-9-3-10-1-2-11(9)13(7-17,8-18)12(10,5-15)6-16/h3,10-11H,1-2H2/t10-,11-/m1/s1. The molecule has 0 aliphatic heterocycles. The van der Waals surface area contributed by atoms with Crippen LogP contribution in [0.15, 0.2) is 11.6 Å². The Kier molecular flexibility index (Phi) is 2.33. The highest BCUT2D eigenvalue weighted by molar-refractivity contribution is 5.49. The van der Waals surface area contributed by atoms with Gasteiger partial charge in [0.15, 0.2) is 10.8 Å². The highest BCUT2D eigenvalue weighted by Crippen LogP contribution is 2.61. The lowest BCUT2D eigenvalue weighted by Crippen LogP contribution is -2.54. The zero-order valence-corrected chi connectivity index (χ0v) is 9.38. The molecule has 3 rings (SSSR count). The summed E-state index contributed by atoms with van der Waals surface area (Å²) in [6, 6.07) is 9.45. The molecule has 18 heavy (non-hydrogen) atoms. The van der Waals surface area contributed by atoms with E-state index in [1.54, 1.807) is 6.08 Å². The van der Waals surface area contributed by atoms with Crippen LogP contribution in [0.5, 0.6) is 0 Å². The second kappa shape index (κ2) is 3.60. The molecule has 5 heteroatoms. The minimum absolute atomic E-state index is 0.357. The van der Waals surface area contributed by atoms with Gasteiger partial charge in [-0.2, -0.15) is 26.3 Å². The third-order valence-electron chi connectivity index (χ3n) is 4.06. The number of fused-ring (bicyclic) bond motifs is 2. The van der Waals surface area contributed by atoms with Crippen molar-refractivity contribution in [2.75, 3.05) is 0 Å². The van der Waals surface area contributed by atoms with Crippen LogP contribution in [-0.4, -0.2) is 0 Å². The van der Waals surface area contributed by atoms with E-state index >= 15 is 0 Å². The summed E-state index contributed by atoms with van der Waals surface area (Å²) >= 11 is 0. The zero-order chi connectivity index (χ0) is 13.4. The number of nitriles is 5. The summed E-state index contributed by atoms with van der Waals surface area (Å²) in [5.41, 5.74) is -3.05. The van der Waals surface area contributed by atoms with Gasteiger partial charge in [0.05, 0.1) is 30.3 Å². The van der Waals surface area contributed by atoms with Crippen molar-refractivity contribution < 1.29 is 0 Å². The number of hydrogen-bond acceptors (Lipinski definition) is 5. The fourth-order valence-electron chi connectivity index (χ4n) is 3.12. The SMILES string of the molecule is N#CC1=C[C@H]2CC[C@H]1C(C#N)(C#N)C2(C#N)C#N. The monoisotopic (exact) mass is 233 g/mol. The van der Waals surface area contributed by atoms with Crippen molar-refractivity contribution in [2.45, 2.75) is 12.8 Å². The molecule has 2 atom stereocenters. The Morgan fingerprint density at radius 3 is 1.89 bits per heavy atom. The Bertz CT molecular complexity index is 609. The molecule has 0 saturated heterocycles. The first kappa shape index (κ1) is 11.7. The normalized spacial score (nSPS) is 29.6. The highest BCUT2D eigenvalue weighted by Gasteiger charge is 2.67. The molecule has 3 aliphatic rings. The third kappa shape index (κ3) is 0.960. The van der Waals surface area contributed by atoms with Gasteiger partial charge in [0, 0.05) is 17.4 Å². The van der Waals surface area contributed by atoms with E-state index in [-0.39, 0.29) is 0 Å². The van der Waals surface area contributed by atoms with E-state index in [9.17, 15) is 21.0 Å². The van der Waals surface area contributed by atoms with Gasteiger partial charge in [-0.15, -0.1) is 0 Å². The van der Waals surface area contributed by atoms with E-state index in [0.717, 1.165) is 0 Å². The molecule has 3 aliphatic carbocycles. The van der Waals surface area contributed by atoms with Gasteiger partial charge in [0.2, 0.25) is 0 Å². The number of nitrogens with zero attached hydrogens (tertiary/aromatic N) is 5. The van der Waals surface area contributed by atoms with E-state index in [1.807, 2.05) is 30.3 Å². The predicted octanol–water partition coefficient (Wildman–Crippen LogP) is 1.54. The van der Waals surface area contributed by atoms with Crippen LogP contribution in [0.25, 0.3) is 0 Å². The smallest absolute Gasteiger partial charge is 0.183 e. The molecular formula is C13H7N5. The third-order valence-corrected chi connectivity index (χ3v) is 4.06. The molecule has 0 spiro atoms. The molecule has 0 aromatic carbocycles. The van der Waals surface area contributed by atoms with Gasteiger partial charge in [-0.1, -0.05) is 6.08 Å². The minimum atomic E-state index is -1.74. The first-order valence-electron chi connectivity index (χ1n) is 5.42. The quantitative estimate of drug-likeness (QED) is 0.628. The fraction of sp³-hybridized carbons (Fsp3) is 0.462. The topological polar surface area (TPSA) is 119 Å². The van der Waals surface area contributed by atoms with Gasteiger partial charge in [-0.25, -0.2) is 0 Å². The number of hydrogen-bond donors (Lipinski definition) is 0. The van der Waals surface area contributed by atoms with Crippen LogP contribution < -0.4 is 0 Å². The van der Waals surface area contributed by atoms with Crippen molar-refractivity contribution in [1.29, 1.82) is 26.3 Å². The van der Waals surface area contributed by atoms with Crippen molar-refractivity contribution in [2.24, 2.45) is 22.7 Å². The van der Waals surface area contributed by atoms with Gasteiger partial charge in [0.25, 0.3) is 0 Å². The second-order valence-corrected chi connectivity index (χ2v) is 4.53. The molecule has 0 amide bonds. The molecule has 0 radical (unpaired) electrons. The lowest BCUT2D eigenvalue weighted by molar-refractivity contribution is 0.0844. The molecule has 0 unspecified atom stereocenters. The average molecular weight is 233 g/mol. The molecule has 1 saturated carbocycles. The second-order valence-electron chi connectivity index (χ2n) is 4.53. The van der Waals surface area contributed by atoms with Crippen LogP contribution in [-0.2, 0) is 0 Å². The van der Waals surface area contributed by atoms with Crippen LogP contribution in [0.3, 0.4) is 0 Å². The maximum Gasteiger partial charge on any atom is 0.183 e. The summed E-state index contributed by atoms with van der Waals surface area (Å²) in [6.07, 6.45) is 2.64. The average Bonchev–Trinajstić information content (AvgIpc) is 2.46. The maximum absolute atomic E-state index is 9.36. The molecule has 0 aromatic rings. The van der Waals surface area contributed by atoms with Crippen molar-refractivity contribution >= 4 is 0 Å². The van der Waals surface area contributed by atoms with Crippen LogP contribution in [0.4, 0.5) is 0 Å². The van der Waals surface area contributed by atoms with Gasteiger partial charge in [0.1, 0.15) is 0 Å². The molecule has 0 N–H and O–H groups in total. The van der Waals surface area contributed by atoms with Gasteiger partial charge < -0.3 is 0 Å². The molecule has 84 valence electrons. The van der Waals surface area contributed by atoms with E-state index in [2.05, 4.69) is 0 Å². The molecular weight excluding hydrogens is 226 g/mol. The number of rotatable bonds is 0. The fourth-order valence-corrected chi connectivity index (χ4v) is 3.12. The summed E-state index contributed by atoms with van der Waals surface area (Å²) in [5, 5.41) is 46.4. The Hall–Kier alpha value is -2.81. The van der Waals surface area contributed by atoms with Gasteiger partial charge in [-0.3, -0.25) is 0 Å². The zero-order valence-electron chi connectivity index (χ0n) is 9.38. The predicted molar refractivity (Wildman–Crippen MR) is 57.2 cm³/mol. The van der Waals surface area contributed by atoms with Crippen LogP contribution in [0.1, 0.15) is 12.8 Å². The first-order chi connectivity index (χ1) is 8.65. The lowest BCUT2D eigenvalue weighted by Gasteiger charge is -2.49. The Morgan fingerprint density at radius 1 is 0.889 bits per heavy atom. The summed E-state index contributed by atoms with van der Waals surface area (Å²) < 4.78 is 0. The maximum atomic E-state index is 9.36. The van der Waals surface area contributed by atoms with Gasteiger partial charge >= 0.3 is 0 Å². The summed E-state index contributed by atoms with van der Waals surface area (Å²) in [5.74, 6) is -1.16. The Balaban J connectivity index is 2.82. The summed E-state index contributed by atoms with van der Waals surface area (Å²) in [4.78, 5) is 0. The van der Waals surface area contributed by atoms with Crippen molar-refractivity contribution in [3.05, 3.63) is 11.6 Å². The molecule has 1 fully saturated rings. The Labute approximate surface area is 104 Å². The number of allylic oxidation sites excluding steroid dienone is 2. The van der Waals surface area contributed by atoms with Crippen molar-refractivity contribution in [1.82, 2.24) is 0 Å². The van der Waals surface area contributed by atoms with E-state index < -0.39 is 22.7 Å². The van der Waals surface area contributed by atoms with E-state index in [1.165, 1.54) is 0 Å². The molecule has 5 nitrogen and oxygen atoms in total. The highest BCUT2D eigenvalue weighted by atomic mass is 14.7. The van der Waals surface area contributed by atoms with E-state index in [4.69, 9.17) is 5.26 Å². The summed E-state index contributed by atoms with van der Waals surface area (Å²) in [6.45, 7) is 0. The first-order valence-corrected chi connectivity index (χ1v) is 5.42. The molecule has 2 bridgehead atoms. The van der Waals surface area contributed by atoms with Crippen LogP contribution in [0, 0.1) is 79.3 Å². The lowest BCUT2D eigenvalue weighted by atomic mass is 9.45. The van der Waals surface area contributed by atoms with E-state index in [0.29, 0.717) is 18.4 Å². The molecule has 0 aromatic heterocycles. The molecule has 0 heterocycles.